The molecule has 4 nitrogen and oxygen atoms in total. The third-order valence-corrected chi connectivity index (χ3v) is 4.91. The zero-order chi connectivity index (χ0) is 13.2. The van der Waals surface area contributed by atoms with Crippen LogP contribution in [0.3, 0.4) is 0 Å². The number of nitrogens with zero attached hydrogens (tertiary/aromatic N) is 2. The van der Waals surface area contributed by atoms with Gasteiger partial charge in [-0.25, -0.2) is 0 Å². The van der Waals surface area contributed by atoms with E-state index in [9.17, 15) is 4.79 Å². The lowest BCUT2D eigenvalue weighted by Crippen LogP contribution is -2.56. The first-order valence-electron chi connectivity index (χ1n) is 7.33. The molecule has 1 amide bonds. The largest absolute Gasteiger partial charge is 0.339 e. The van der Waals surface area contributed by atoms with Gasteiger partial charge >= 0.3 is 0 Å². The van der Waals surface area contributed by atoms with E-state index >= 15 is 0 Å². The first-order chi connectivity index (χ1) is 8.63. The van der Waals surface area contributed by atoms with E-state index in [4.69, 9.17) is 0 Å². The number of likely N-dealkylation sites (N-methyl/N-ethyl adjacent to an activating group) is 1. The van der Waals surface area contributed by atoms with Crippen LogP contribution in [0.4, 0.5) is 0 Å². The van der Waals surface area contributed by atoms with Crippen molar-refractivity contribution in [3.8, 4) is 0 Å². The van der Waals surface area contributed by atoms with Gasteiger partial charge in [-0.05, 0) is 32.9 Å². The molecule has 0 bridgehead atoms. The van der Waals surface area contributed by atoms with Crippen LogP contribution in [0.2, 0.25) is 0 Å². The highest BCUT2D eigenvalue weighted by molar-refractivity contribution is 5.83. The molecule has 1 N–H and O–H groups in total. The fraction of sp³-hybridized carbons (Fsp3) is 0.929. The Hall–Kier alpha value is -0.610. The van der Waals surface area contributed by atoms with Crippen molar-refractivity contribution in [2.45, 2.75) is 39.2 Å². The van der Waals surface area contributed by atoms with Gasteiger partial charge in [0.15, 0.2) is 0 Å². The van der Waals surface area contributed by atoms with E-state index in [0.29, 0.717) is 11.9 Å². The summed E-state index contributed by atoms with van der Waals surface area (Å²) in [6, 6.07) is 0.533. The highest BCUT2D eigenvalue weighted by Gasteiger charge is 2.43. The van der Waals surface area contributed by atoms with Gasteiger partial charge in [0.25, 0.3) is 0 Å². The predicted molar refractivity (Wildman–Crippen MR) is 73.5 cm³/mol. The molecule has 2 aliphatic heterocycles. The molecule has 2 aliphatic rings. The van der Waals surface area contributed by atoms with Crippen LogP contribution >= 0.6 is 0 Å². The molecule has 0 aromatic rings. The van der Waals surface area contributed by atoms with Crippen molar-refractivity contribution in [2.24, 2.45) is 5.41 Å². The molecule has 0 aromatic heterocycles. The third-order valence-electron chi connectivity index (χ3n) is 4.91. The van der Waals surface area contributed by atoms with E-state index < -0.39 is 0 Å². The molecule has 0 aromatic carbocycles. The van der Waals surface area contributed by atoms with Crippen molar-refractivity contribution in [3.63, 3.8) is 0 Å². The summed E-state index contributed by atoms with van der Waals surface area (Å²) in [7, 11) is 2.17. The second-order valence-corrected chi connectivity index (χ2v) is 5.85. The molecule has 0 saturated carbocycles. The molecule has 0 spiro atoms. The maximum Gasteiger partial charge on any atom is 0.230 e. The van der Waals surface area contributed by atoms with Crippen molar-refractivity contribution < 1.29 is 4.79 Å². The summed E-state index contributed by atoms with van der Waals surface area (Å²) in [6.07, 6.45) is 3.09. The molecule has 0 radical (unpaired) electrons. The van der Waals surface area contributed by atoms with Crippen LogP contribution in [0.1, 0.15) is 33.1 Å². The Labute approximate surface area is 111 Å². The Balaban J connectivity index is 2.04. The van der Waals surface area contributed by atoms with E-state index in [1.54, 1.807) is 0 Å². The van der Waals surface area contributed by atoms with E-state index in [-0.39, 0.29) is 5.41 Å². The lowest BCUT2D eigenvalue weighted by Gasteiger charge is -2.42. The minimum absolute atomic E-state index is 0.117. The summed E-state index contributed by atoms with van der Waals surface area (Å²) < 4.78 is 0. The summed E-state index contributed by atoms with van der Waals surface area (Å²) in [4.78, 5) is 17.3. The van der Waals surface area contributed by atoms with E-state index in [1.165, 1.54) is 0 Å². The minimum atomic E-state index is -0.117. The number of nitrogens with one attached hydrogen (secondary N) is 1. The quantitative estimate of drug-likeness (QED) is 0.813. The Kier molecular flexibility index (Phi) is 4.28. The summed E-state index contributed by atoms with van der Waals surface area (Å²) >= 11 is 0. The van der Waals surface area contributed by atoms with Crippen LogP contribution in [-0.4, -0.2) is 61.5 Å². The molecule has 4 heteroatoms. The second kappa shape index (κ2) is 5.57. The maximum absolute atomic E-state index is 12.8. The first kappa shape index (κ1) is 13.8. The summed E-state index contributed by atoms with van der Waals surface area (Å²) in [5.74, 6) is 0.390. The molecule has 2 heterocycles. The summed E-state index contributed by atoms with van der Waals surface area (Å²) in [5.41, 5.74) is -0.117. The number of amides is 1. The number of carbonyl (C=O) groups is 1. The van der Waals surface area contributed by atoms with Crippen molar-refractivity contribution >= 4 is 5.91 Å². The zero-order valence-corrected chi connectivity index (χ0v) is 12.0. The highest BCUT2D eigenvalue weighted by atomic mass is 16.2. The van der Waals surface area contributed by atoms with E-state index in [0.717, 1.165) is 52.0 Å². The fourth-order valence-electron chi connectivity index (χ4n) is 3.29. The smallest absolute Gasteiger partial charge is 0.230 e. The molecular formula is C14H27N3O. The maximum atomic E-state index is 12.8. The van der Waals surface area contributed by atoms with Crippen LogP contribution in [0.15, 0.2) is 0 Å². The van der Waals surface area contributed by atoms with E-state index in [1.807, 2.05) is 0 Å². The van der Waals surface area contributed by atoms with Crippen molar-refractivity contribution in [1.82, 2.24) is 15.1 Å². The number of hydrogen-bond donors (Lipinski definition) is 1. The number of hydrogen-bond acceptors (Lipinski definition) is 3. The van der Waals surface area contributed by atoms with Crippen LogP contribution in [0.5, 0.6) is 0 Å². The molecule has 2 saturated heterocycles. The molecule has 0 aliphatic carbocycles. The van der Waals surface area contributed by atoms with Crippen molar-refractivity contribution in [3.05, 3.63) is 0 Å². The zero-order valence-electron chi connectivity index (χ0n) is 12.0. The van der Waals surface area contributed by atoms with Gasteiger partial charge in [0.1, 0.15) is 0 Å². The van der Waals surface area contributed by atoms with Crippen LogP contribution in [-0.2, 0) is 4.79 Å². The summed E-state index contributed by atoms with van der Waals surface area (Å²) in [5, 5.41) is 3.36. The lowest BCUT2D eigenvalue weighted by molar-refractivity contribution is -0.144. The molecule has 2 fully saturated rings. The van der Waals surface area contributed by atoms with Crippen LogP contribution < -0.4 is 5.32 Å². The number of piperazine rings is 1. The van der Waals surface area contributed by atoms with Gasteiger partial charge in [0.2, 0.25) is 5.91 Å². The standard InChI is InChI=1S/C14H27N3O/c1-4-12-10-17(9-8-16(12)3)13(18)14(5-2)6-7-15-11-14/h12,15H,4-11H2,1-3H3. The SMILES string of the molecule is CCC1CN(C(=O)C2(CC)CCNC2)CCN1C. The monoisotopic (exact) mass is 253 g/mol. The number of rotatable bonds is 3. The molecule has 2 unspecified atom stereocenters. The fourth-order valence-corrected chi connectivity index (χ4v) is 3.29. The first-order valence-corrected chi connectivity index (χ1v) is 7.33. The van der Waals surface area contributed by atoms with Gasteiger partial charge in [-0.2, -0.15) is 0 Å². The van der Waals surface area contributed by atoms with Crippen LogP contribution in [0, 0.1) is 5.41 Å². The topological polar surface area (TPSA) is 35.6 Å². The Morgan fingerprint density at radius 2 is 2.17 bits per heavy atom. The minimum Gasteiger partial charge on any atom is -0.339 e. The Bertz CT molecular complexity index is 299. The predicted octanol–water partition coefficient (Wildman–Crippen LogP) is 0.929. The molecule has 104 valence electrons. The average Bonchev–Trinajstić information content (AvgIpc) is 2.88. The van der Waals surface area contributed by atoms with Gasteiger partial charge in [-0.15, -0.1) is 0 Å². The van der Waals surface area contributed by atoms with Gasteiger partial charge < -0.3 is 10.2 Å². The summed E-state index contributed by atoms with van der Waals surface area (Å²) in [6.45, 7) is 9.04. The van der Waals surface area contributed by atoms with Crippen molar-refractivity contribution in [1.29, 1.82) is 0 Å². The van der Waals surface area contributed by atoms with Gasteiger partial charge in [-0.3, -0.25) is 9.69 Å². The van der Waals surface area contributed by atoms with Gasteiger partial charge in [0, 0.05) is 32.2 Å². The van der Waals surface area contributed by atoms with Gasteiger partial charge in [0.05, 0.1) is 5.41 Å². The highest BCUT2D eigenvalue weighted by Crippen LogP contribution is 2.32. The molecule has 2 atom stereocenters. The lowest BCUT2D eigenvalue weighted by atomic mass is 9.82. The molecule has 18 heavy (non-hydrogen) atoms. The third kappa shape index (κ3) is 2.41. The van der Waals surface area contributed by atoms with Gasteiger partial charge in [-0.1, -0.05) is 13.8 Å². The number of carbonyl (C=O) groups excluding carboxylic acids is 1. The Morgan fingerprint density at radius 1 is 1.39 bits per heavy atom. The van der Waals surface area contributed by atoms with Crippen molar-refractivity contribution in [2.75, 3.05) is 39.8 Å². The second-order valence-electron chi connectivity index (χ2n) is 5.85. The normalized spacial score (nSPS) is 33.9. The average molecular weight is 253 g/mol. The van der Waals surface area contributed by atoms with E-state index in [2.05, 4.69) is 36.0 Å². The molecular weight excluding hydrogens is 226 g/mol. The van der Waals surface area contributed by atoms with Crippen LogP contribution in [0.25, 0.3) is 0 Å². The Morgan fingerprint density at radius 3 is 2.72 bits per heavy atom. The molecule has 2 rings (SSSR count).